The Labute approximate surface area is 102 Å². The Kier molecular flexibility index (Phi) is 6.53. The van der Waals surface area contributed by atoms with Crippen LogP contribution in [0.3, 0.4) is 0 Å². The third kappa shape index (κ3) is 4.56. The average molecular weight is 239 g/mol. The van der Waals surface area contributed by atoms with Gasteiger partial charge in [0.1, 0.15) is 0 Å². The number of aliphatic hydroxyl groups excluding tert-OH is 1. The average Bonchev–Trinajstić information content (AvgIpc) is 2.28. The summed E-state index contributed by atoms with van der Waals surface area (Å²) in [6.07, 6.45) is 0.847. The van der Waals surface area contributed by atoms with Crippen molar-refractivity contribution in [3.05, 3.63) is 29.8 Å². The summed E-state index contributed by atoms with van der Waals surface area (Å²) in [6.45, 7) is 6.45. The van der Waals surface area contributed by atoms with Crippen molar-refractivity contribution in [1.29, 1.82) is 0 Å². The zero-order valence-corrected chi connectivity index (χ0v) is 10.9. The summed E-state index contributed by atoms with van der Waals surface area (Å²) in [7, 11) is 0. The van der Waals surface area contributed by atoms with Crippen LogP contribution >= 0.6 is 11.8 Å². The van der Waals surface area contributed by atoms with Crippen molar-refractivity contribution in [3.63, 3.8) is 0 Å². The van der Waals surface area contributed by atoms with E-state index >= 15 is 0 Å². The largest absolute Gasteiger partial charge is 0.396 e. The van der Waals surface area contributed by atoms with Crippen LogP contribution in [0.2, 0.25) is 0 Å². The van der Waals surface area contributed by atoms with Gasteiger partial charge in [0.2, 0.25) is 0 Å². The second kappa shape index (κ2) is 7.71. The lowest BCUT2D eigenvalue weighted by Gasteiger charge is -2.13. The minimum atomic E-state index is 0.267. The SMILES string of the molecule is CCNCc1ccccc1SC(C)CCO. The minimum absolute atomic E-state index is 0.267. The zero-order chi connectivity index (χ0) is 11.8. The molecular formula is C13H21NOS. The molecule has 1 aromatic rings. The van der Waals surface area contributed by atoms with Gasteiger partial charge in [0.15, 0.2) is 0 Å². The van der Waals surface area contributed by atoms with E-state index in [0.717, 1.165) is 19.5 Å². The highest BCUT2D eigenvalue weighted by Gasteiger charge is 2.07. The van der Waals surface area contributed by atoms with E-state index in [1.54, 1.807) is 0 Å². The fourth-order valence-corrected chi connectivity index (χ4v) is 2.59. The summed E-state index contributed by atoms with van der Waals surface area (Å²) in [6, 6.07) is 8.47. The highest BCUT2D eigenvalue weighted by Crippen LogP contribution is 2.28. The van der Waals surface area contributed by atoms with Gasteiger partial charge >= 0.3 is 0 Å². The van der Waals surface area contributed by atoms with Crippen LogP contribution in [0.5, 0.6) is 0 Å². The van der Waals surface area contributed by atoms with Crippen LogP contribution in [0.4, 0.5) is 0 Å². The first-order valence-corrected chi connectivity index (χ1v) is 6.72. The molecule has 0 heterocycles. The fourth-order valence-electron chi connectivity index (χ4n) is 1.48. The number of thioether (sulfide) groups is 1. The molecule has 0 saturated heterocycles. The summed E-state index contributed by atoms with van der Waals surface area (Å²) >= 11 is 1.85. The first kappa shape index (κ1) is 13.6. The second-order valence-electron chi connectivity index (χ2n) is 3.83. The van der Waals surface area contributed by atoms with E-state index in [1.165, 1.54) is 10.5 Å². The lowest BCUT2D eigenvalue weighted by molar-refractivity contribution is 0.289. The fraction of sp³-hybridized carbons (Fsp3) is 0.538. The molecule has 1 rings (SSSR count). The molecule has 16 heavy (non-hydrogen) atoms. The van der Waals surface area contributed by atoms with Crippen molar-refractivity contribution in [1.82, 2.24) is 5.32 Å². The van der Waals surface area contributed by atoms with Gasteiger partial charge < -0.3 is 10.4 Å². The predicted molar refractivity (Wildman–Crippen MR) is 70.8 cm³/mol. The summed E-state index contributed by atoms with van der Waals surface area (Å²) in [4.78, 5) is 1.32. The summed E-state index contributed by atoms with van der Waals surface area (Å²) in [5.74, 6) is 0. The number of nitrogens with one attached hydrogen (secondary N) is 1. The number of hydrogen-bond acceptors (Lipinski definition) is 3. The van der Waals surface area contributed by atoms with Gasteiger partial charge in [-0.15, -0.1) is 11.8 Å². The van der Waals surface area contributed by atoms with Crippen LogP contribution < -0.4 is 5.32 Å². The Morgan fingerprint density at radius 2 is 2.12 bits per heavy atom. The van der Waals surface area contributed by atoms with E-state index in [0.29, 0.717) is 5.25 Å². The maximum absolute atomic E-state index is 8.90. The zero-order valence-electron chi connectivity index (χ0n) is 10.1. The van der Waals surface area contributed by atoms with Gasteiger partial charge in [0.25, 0.3) is 0 Å². The highest BCUT2D eigenvalue weighted by atomic mass is 32.2. The van der Waals surface area contributed by atoms with Crippen LogP contribution in [0, 0.1) is 0 Å². The molecular weight excluding hydrogens is 218 g/mol. The van der Waals surface area contributed by atoms with E-state index in [9.17, 15) is 0 Å². The second-order valence-corrected chi connectivity index (χ2v) is 5.31. The van der Waals surface area contributed by atoms with Crippen molar-refractivity contribution >= 4 is 11.8 Å². The van der Waals surface area contributed by atoms with Gasteiger partial charge in [-0.05, 0) is 24.6 Å². The lowest BCUT2D eigenvalue weighted by Crippen LogP contribution is -2.12. The Hall–Kier alpha value is -0.510. The van der Waals surface area contributed by atoms with Gasteiger partial charge in [-0.2, -0.15) is 0 Å². The molecule has 0 bridgehead atoms. The van der Waals surface area contributed by atoms with Crippen molar-refractivity contribution in [2.24, 2.45) is 0 Å². The standard InChI is InChI=1S/C13H21NOS/c1-3-14-10-12-6-4-5-7-13(12)16-11(2)8-9-15/h4-7,11,14-15H,3,8-10H2,1-2H3. The summed E-state index contributed by atoms with van der Waals surface area (Å²) < 4.78 is 0. The molecule has 0 saturated carbocycles. The Morgan fingerprint density at radius 1 is 1.38 bits per heavy atom. The van der Waals surface area contributed by atoms with Gasteiger partial charge in [-0.3, -0.25) is 0 Å². The van der Waals surface area contributed by atoms with E-state index in [4.69, 9.17) is 5.11 Å². The van der Waals surface area contributed by atoms with Gasteiger partial charge in [0, 0.05) is 23.3 Å². The van der Waals surface area contributed by atoms with Crippen molar-refractivity contribution in [2.75, 3.05) is 13.2 Å². The van der Waals surface area contributed by atoms with Gasteiger partial charge in [-0.25, -0.2) is 0 Å². The molecule has 0 fully saturated rings. The van der Waals surface area contributed by atoms with E-state index in [1.807, 2.05) is 11.8 Å². The Balaban J connectivity index is 2.62. The van der Waals surface area contributed by atoms with Crippen LogP contribution in [-0.2, 0) is 6.54 Å². The Bertz CT molecular complexity index is 304. The maximum atomic E-state index is 8.90. The first-order valence-electron chi connectivity index (χ1n) is 5.84. The Morgan fingerprint density at radius 3 is 2.81 bits per heavy atom. The van der Waals surface area contributed by atoms with E-state index in [-0.39, 0.29) is 6.61 Å². The third-order valence-corrected chi connectivity index (χ3v) is 3.69. The van der Waals surface area contributed by atoms with Crippen LogP contribution in [-0.4, -0.2) is 23.5 Å². The quantitative estimate of drug-likeness (QED) is 0.718. The van der Waals surface area contributed by atoms with Gasteiger partial charge in [0.05, 0.1) is 0 Å². The molecule has 90 valence electrons. The highest BCUT2D eigenvalue weighted by molar-refractivity contribution is 8.00. The van der Waals surface area contributed by atoms with Crippen LogP contribution in [0.15, 0.2) is 29.2 Å². The molecule has 0 spiro atoms. The number of rotatable bonds is 7. The van der Waals surface area contributed by atoms with Crippen molar-refractivity contribution in [3.8, 4) is 0 Å². The molecule has 1 unspecified atom stereocenters. The molecule has 1 atom stereocenters. The van der Waals surface area contributed by atoms with Crippen LogP contribution in [0.25, 0.3) is 0 Å². The number of benzene rings is 1. The molecule has 3 heteroatoms. The molecule has 0 aliphatic carbocycles. The normalized spacial score (nSPS) is 12.7. The summed E-state index contributed by atoms with van der Waals surface area (Å²) in [5.41, 5.74) is 1.35. The monoisotopic (exact) mass is 239 g/mol. The predicted octanol–water partition coefficient (Wildman–Crippen LogP) is 2.66. The molecule has 0 aliphatic heterocycles. The molecule has 1 aromatic carbocycles. The lowest BCUT2D eigenvalue weighted by atomic mass is 10.2. The third-order valence-electron chi connectivity index (χ3n) is 2.40. The smallest absolute Gasteiger partial charge is 0.0441 e. The van der Waals surface area contributed by atoms with Crippen LogP contribution in [0.1, 0.15) is 25.8 Å². The van der Waals surface area contributed by atoms with Crippen molar-refractivity contribution in [2.45, 2.75) is 37.0 Å². The maximum Gasteiger partial charge on any atom is 0.0441 e. The minimum Gasteiger partial charge on any atom is -0.396 e. The topological polar surface area (TPSA) is 32.3 Å². The van der Waals surface area contributed by atoms with E-state index in [2.05, 4.69) is 43.4 Å². The molecule has 0 aliphatic rings. The first-order chi connectivity index (χ1) is 7.77. The van der Waals surface area contributed by atoms with Crippen molar-refractivity contribution < 1.29 is 5.11 Å². The number of hydrogen-bond donors (Lipinski definition) is 2. The molecule has 0 aromatic heterocycles. The summed E-state index contributed by atoms with van der Waals surface area (Å²) in [5, 5.41) is 12.7. The number of aliphatic hydroxyl groups is 1. The molecule has 0 amide bonds. The molecule has 0 radical (unpaired) electrons. The molecule has 2 N–H and O–H groups in total. The molecule has 2 nitrogen and oxygen atoms in total. The van der Waals surface area contributed by atoms with E-state index < -0.39 is 0 Å². The van der Waals surface area contributed by atoms with Gasteiger partial charge in [-0.1, -0.05) is 32.0 Å².